The number of benzene rings is 2. The van der Waals surface area contributed by atoms with Crippen molar-refractivity contribution in [3.05, 3.63) is 90.4 Å². The number of anilines is 1. The molecule has 2 heterocycles. The Balaban J connectivity index is 1.73. The summed E-state index contributed by atoms with van der Waals surface area (Å²) >= 11 is 0. The van der Waals surface area contributed by atoms with Gasteiger partial charge in [0.05, 0.1) is 25.5 Å². The molecule has 1 unspecified atom stereocenters. The lowest BCUT2D eigenvalue weighted by molar-refractivity contribution is 0.0651. The van der Waals surface area contributed by atoms with Crippen molar-refractivity contribution in [2.75, 3.05) is 19.0 Å². The number of carbonyl (C=O) groups excluding carboxylic acids is 1. The van der Waals surface area contributed by atoms with Gasteiger partial charge in [-0.2, -0.15) is 0 Å². The van der Waals surface area contributed by atoms with E-state index in [1.54, 1.807) is 24.3 Å². The third-order valence-electron chi connectivity index (χ3n) is 4.79. The Morgan fingerprint density at radius 3 is 2.79 bits per heavy atom. The first-order valence-corrected chi connectivity index (χ1v) is 9.32. The van der Waals surface area contributed by atoms with Gasteiger partial charge in [0.2, 0.25) is 0 Å². The Hall–Kier alpha value is -3.67. The number of ether oxygens (including phenoxy) is 2. The van der Waals surface area contributed by atoms with Crippen molar-refractivity contribution in [2.45, 2.75) is 12.7 Å². The molecule has 4 rings (SSSR count). The van der Waals surface area contributed by atoms with Crippen LogP contribution in [0, 0.1) is 0 Å². The SMILES string of the molecule is C=CCOc1ccc(C2Nc3ccccc3C(=O)N2Cc2ccco2)cc1OC. The zero-order valence-electron chi connectivity index (χ0n) is 16.1. The Kier molecular flexibility index (Phi) is 5.24. The standard InChI is InChI=1S/C23H22N2O4/c1-3-12-29-20-11-10-16(14-21(20)27-2)22-24-19-9-5-4-8-18(19)23(26)25(22)15-17-7-6-13-28-17/h3-11,13-14,22,24H,1,12,15H2,2H3. The molecule has 0 aliphatic carbocycles. The summed E-state index contributed by atoms with van der Waals surface area (Å²) < 4.78 is 16.6. The van der Waals surface area contributed by atoms with Gasteiger partial charge in [-0.05, 0) is 42.0 Å². The van der Waals surface area contributed by atoms with Crippen LogP contribution in [-0.4, -0.2) is 24.5 Å². The summed E-state index contributed by atoms with van der Waals surface area (Å²) in [5, 5.41) is 3.47. The molecule has 0 bridgehead atoms. The van der Waals surface area contributed by atoms with Gasteiger partial charge in [0.1, 0.15) is 18.5 Å². The van der Waals surface area contributed by atoms with Crippen LogP contribution in [0.25, 0.3) is 0 Å². The molecular formula is C23H22N2O4. The van der Waals surface area contributed by atoms with E-state index in [4.69, 9.17) is 13.9 Å². The van der Waals surface area contributed by atoms with Crippen molar-refractivity contribution < 1.29 is 18.7 Å². The maximum atomic E-state index is 13.3. The zero-order chi connectivity index (χ0) is 20.2. The van der Waals surface area contributed by atoms with Crippen LogP contribution >= 0.6 is 0 Å². The first-order chi connectivity index (χ1) is 14.2. The maximum Gasteiger partial charge on any atom is 0.258 e. The molecule has 1 aromatic heterocycles. The number of para-hydroxylation sites is 1. The van der Waals surface area contributed by atoms with Crippen LogP contribution in [0.3, 0.4) is 0 Å². The van der Waals surface area contributed by atoms with Crippen molar-refractivity contribution >= 4 is 11.6 Å². The van der Waals surface area contributed by atoms with Crippen molar-refractivity contribution in [1.29, 1.82) is 0 Å². The first-order valence-electron chi connectivity index (χ1n) is 9.32. The second-order valence-corrected chi connectivity index (χ2v) is 6.61. The highest BCUT2D eigenvalue weighted by Crippen LogP contribution is 2.37. The minimum atomic E-state index is -0.384. The fourth-order valence-corrected chi connectivity index (χ4v) is 3.41. The van der Waals surface area contributed by atoms with Gasteiger partial charge >= 0.3 is 0 Å². The summed E-state index contributed by atoms with van der Waals surface area (Å²) in [6.45, 7) is 4.39. The van der Waals surface area contributed by atoms with Gasteiger partial charge in [0.25, 0.3) is 5.91 Å². The second kappa shape index (κ2) is 8.14. The molecule has 1 N–H and O–H groups in total. The molecule has 0 saturated carbocycles. The number of methoxy groups -OCH3 is 1. The monoisotopic (exact) mass is 390 g/mol. The predicted molar refractivity (Wildman–Crippen MR) is 110 cm³/mol. The molecule has 29 heavy (non-hydrogen) atoms. The number of nitrogens with zero attached hydrogens (tertiary/aromatic N) is 1. The molecular weight excluding hydrogens is 368 g/mol. The molecule has 1 aliphatic rings. The molecule has 1 aliphatic heterocycles. The number of hydrogen-bond donors (Lipinski definition) is 1. The highest BCUT2D eigenvalue weighted by atomic mass is 16.5. The summed E-state index contributed by atoms with van der Waals surface area (Å²) in [7, 11) is 1.59. The fraction of sp³-hybridized carbons (Fsp3) is 0.174. The Bertz CT molecular complexity index is 1010. The molecule has 0 spiro atoms. The minimum Gasteiger partial charge on any atom is -0.493 e. The third-order valence-corrected chi connectivity index (χ3v) is 4.79. The number of furan rings is 1. The van der Waals surface area contributed by atoms with E-state index in [9.17, 15) is 4.79 Å². The van der Waals surface area contributed by atoms with E-state index >= 15 is 0 Å². The summed E-state index contributed by atoms with van der Waals surface area (Å²) in [6.07, 6.45) is 2.90. The second-order valence-electron chi connectivity index (χ2n) is 6.61. The minimum absolute atomic E-state index is 0.0632. The Labute approximate surface area is 169 Å². The number of rotatable bonds is 7. The summed E-state index contributed by atoms with van der Waals surface area (Å²) in [6, 6.07) is 16.8. The van der Waals surface area contributed by atoms with E-state index < -0.39 is 0 Å². The van der Waals surface area contributed by atoms with E-state index in [2.05, 4.69) is 11.9 Å². The largest absolute Gasteiger partial charge is 0.493 e. The van der Waals surface area contributed by atoms with Crippen molar-refractivity contribution in [2.24, 2.45) is 0 Å². The van der Waals surface area contributed by atoms with E-state index in [0.717, 1.165) is 11.3 Å². The van der Waals surface area contributed by atoms with Crippen molar-refractivity contribution in [3.63, 3.8) is 0 Å². The topological polar surface area (TPSA) is 63.9 Å². The molecule has 1 amide bonds. The molecule has 6 heteroatoms. The zero-order valence-corrected chi connectivity index (χ0v) is 16.1. The molecule has 1 atom stereocenters. The summed E-state index contributed by atoms with van der Waals surface area (Å²) in [5.41, 5.74) is 2.31. The molecule has 148 valence electrons. The van der Waals surface area contributed by atoms with Crippen LogP contribution in [0.15, 0.2) is 77.9 Å². The lowest BCUT2D eigenvalue weighted by Gasteiger charge is -2.37. The number of fused-ring (bicyclic) bond motifs is 1. The highest BCUT2D eigenvalue weighted by molar-refractivity contribution is 6.01. The van der Waals surface area contributed by atoms with E-state index in [1.165, 1.54) is 0 Å². The number of nitrogens with one attached hydrogen (secondary N) is 1. The summed E-state index contributed by atoms with van der Waals surface area (Å²) in [5.74, 6) is 1.86. The number of hydrogen-bond acceptors (Lipinski definition) is 5. The van der Waals surface area contributed by atoms with Gasteiger partial charge in [-0.25, -0.2) is 0 Å². The normalized spacial score (nSPS) is 15.4. The molecule has 0 radical (unpaired) electrons. The molecule has 6 nitrogen and oxygen atoms in total. The average molecular weight is 390 g/mol. The number of amides is 1. The van der Waals surface area contributed by atoms with Gasteiger partial charge in [0, 0.05) is 5.69 Å². The first kappa shape index (κ1) is 18.7. The highest BCUT2D eigenvalue weighted by Gasteiger charge is 2.33. The molecule has 0 saturated heterocycles. The fourth-order valence-electron chi connectivity index (χ4n) is 3.41. The number of carbonyl (C=O) groups is 1. The van der Waals surface area contributed by atoms with Crippen LogP contribution in [0.1, 0.15) is 27.8 Å². The van der Waals surface area contributed by atoms with Crippen LogP contribution < -0.4 is 14.8 Å². The lowest BCUT2D eigenvalue weighted by atomic mass is 10.0. The van der Waals surface area contributed by atoms with Crippen molar-refractivity contribution in [3.8, 4) is 11.5 Å². The van der Waals surface area contributed by atoms with E-state index in [0.29, 0.717) is 36.0 Å². The van der Waals surface area contributed by atoms with Crippen LogP contribution in [-0.2, 0) is 6.54 Å². The van der Waals surface area contributed by atoms with E-state index in [-0.39, 0.29) is 12.1 Å². The van der Waals surface area contributed by atoms with Gasteiger partial charge in [-0.1, -0.05) is 30.9 Å². The quantitative estimate of drug-likeness (QED) is 0.597. The van der Waals surface area contributed by atoms with E-state index in [1.807, 2.05) is 54.6 Å². The van der Waals surface area contributed by atoms with Gasteiger partial charge < -0.3 is 24.1 Å². The molecule has 2 aromatic carbocycles. The Morgan fingerprint density at radius 2 is 2.03 bits per heavy atom. The van der Waals surface area contributed by atoms with Crippen LogP contribution in [0.4, 0.5) is 5.69 Å². The maximum absolute atomic E-state index is 13.3. The Morgan fingerprint density at radius 1 is 1.17 bits per heavy atom. The lowest BCUT2D eigenvalue weighted by Crippen LogP contribution is -2.42. The molecule has 0 fully saturated rings. The van der Waals surface area contributed by atoms with Crippen LogP contribution in [0.2, 0.25) is 0 Å². The van der Waals surface area contributed by atoms with Gasteiger partial charge in [-0.3, -0.25) is 4.79 Å². The third kappa shape index (κ3) is 3.69. The van der Waals surface area contributed by atoms with Crippen molar-refractivity contribution in [1.82, 2.24) is 4.90 Å². The smallest absolute Gasteiger partial charge is 0.258 e. The van der Waals surface area contributed by atoms with Gasteiger partial charge in [0.15, 0.2) is 11.5 Å². The van der Waals surface area contributed by atoms with Gasteiger partial charge in [-0.15, -0.1) is 0 Å². The van der Waals surface area contributed by atoms with Crippen LogP contribution in [0.5, 0.6) is 11.5 Å². The predicted octanol–water partition coefficient (Wildman–Crippen LogP) is 4.62. The molecule has 3 aromatic rings. The average Bonchev–Trinajstić information content (AvgIpc) is 3.27. The summed E-state index contributed by atoms with van der Waals surface area (Å²) in [4.78, 5) is 15.0.